The molecule has 0 aliphatic carbocycles. The molecule has 0 saturated carbocycles. The number of hydrogen-bond donors (Lipinski definition) is 0. The third-order valence-electron chi connectivity index (χ3n) is 4.85. The lowest BCUT2D eigenvalue weighted by atomic mass is 10.2. The second kappa shape index (κ2) is 11.0. The van der Waals surface area contributed by atoms with Crippen LogP contribution in [0.1, 0.15) is 12.0 Å². The summed E-state index contributed by atoms with van der Waals surface area (Å²) in [5, 5.41) is 0. The molecule has 33 heavy (non-hydrogen) atoms. The summed E-state index contributed by atoms with van der Waals surface area (Å²) in [4.78, 5) is 15.0. The van der Waals surface area contributed by atoms with Gasteiger partial charge in [-0.1, -0.05) is 66.4 Å². The first kappa shape index (κ1) is 22.9. The van der Waals surface area contributed by atoms with E-state index in [1.807, 2.05) is 84.9 Å². The van der Waals surface area contributed by atoms with Gasteiger partial charge in [-0.25, -0.2) is 0 Å². The summed E-state index contributed by atoms with van der Waals surface area (Å²) < 4.78 is 17.6. The molecule has 3 aromatic rings. The number of amides is 1. The predicted molar refractivity (Wildman–Crippen MR) is 137 cm³/mol. The van der Waals surface area contributed by atoms with Crippen LogP contribution in [0, 0.1) is 0 Å². The van der Waals surface area contributed by atoms with Gasteiger partial charge in [0, 0.05) is 6.42 Å². The van der Waals surface area contributed by atoms with E-state index < -0.39 is 0 Å². The lowest BCUT2D eigenvalue weighted by Gasteiger charge is -2.14. The summed E-state index contributed by atoms with van der Waals surface area (Å²) in [6.07, 6.45) is 2.56. The number of carbonyl (C=O) groups is 1. The van der Waals surface area contributed by atoms with E-state index in [-0.39, 0.29) is 5.91 Å². The largest absolute Gasteiger partial charge is 0.493 e. The van der Waals surface area contributed by atoms with Crippen molar-refractivity contribution in [2.45, 2.75) is 6.42 Å². The van der Waals surface area contributed by atoms with Gasteiger partial charge in [0.15, 0.2) is 15.8 Å². The van der Waals surface area contributed by atoms with Crippen molar-refractivity contribution in [3.8, 4) is 17.2 Å². The van der Waals surface area contributed by atoms with Crippen LogP contribution in [0.2, 0.25) is 0 Å². The van der Waals surface area contributed by atoms with Crippen LogP contribution in [0.5, 0.6) is 17.2 Å². The van der Waals surface area contributed by atoms with Gasteiger partial charge in [-0.3, -0.25) is 9.69 Å². The number of anilines is 1. The minimum Gasteiger partial charge on any atom is -0.493 e. The monoisotopic (exact) mass is 477 g/mol. The number of rotatable bonds is 9. The molecular formula is C26H23NO4S2. The average molecular weight is 478 g/mol. The third kappa shape index (κ3) is 5.74. The van der Waals surface area contributed by atoms with Gasteiger partial charge in [-0.05, 0) is 48.0 Å². The number of para-hydroxylation sites is 2. The van der Waals surface area contributed by atoms with Crippen LogP contribution in [-0.2, 0) is 4.79 Å². The van der Waals surface area contributed by atoms with E-state index in [2.05, 4.69) is 0 Å². The van der Waals surface area contributed by atoms with Gasteiger partial charge in [-0.15, -0.1) is 0 Å². The first-order valence-electron chi connectivity index (χ1n) is 10.5. The molecular weight excluding hydrogens is 454 g/mol. The molecule has 0 aromatic heterocycles. The Bertz CT molecular complexity index is 1150. The topological polar surface area (TPSA) is 48.0 Å². The van der Waals surface area contributed by atoms with Gasteiger partial charge < -0.3 is 14.2 Å². The number of hydrogen-bond acceptors (Lipinski definition) is 6. The fraction of sp³-hybridized carbons (Fsp3) is 0.154. The Labute approximate surface area is 203 Å². The summed E-state index contributed by atoms with van der Waals surface area (Å²) in [5.74, 6) is 1.96. The Morgan fingerprint density at radius 1 is 0.909 bits per heavy atom. The van der Waals surface area contributed by atoms with E-state index in [0.717, 1.165) is 23.4 Å². The molecule has 3 aromatic carbocycles. The van der Waals surface area contributed by atoms with Crippen molar-refractivity contribution < 1.29 is 19.0 Å². The van der Waals surface area contributed by atoms with Crippen LogP contribution in [0.25, 0.3) is 6.08 Å². The van der Waals surface area contributed by atoms with Crippen molar-refractivity contribution in [2.75, 3.05) is 25.2 Å². The van der Waals surface area contributed by atoms with E-state index in [9.17, 15) is 4.79 Å². The second-order valence-corrected chi connectivity index (χ2v) is 8.80. The quantitative estimate of drug-likeness (QED) is 0.216. The third-order valence-corrected chi connectivity index (χ3v) is 6.15. The molecule has 1 amide bonds. The van der Waals surface area contributed by atoms with Crippen molar-refractivity contribution in [1.82, 2.24) is 0 Å². The zero-order chi connectivity index (χ0) is 23.0. The van der Waals surface area contributed by atoms with Gasteiger partial charge in [-0.2, -0.15) is 0 Å². The number of thiocarbonyl (C=S) groups is 1. The minimum atomic E-state index is -0.131. The summed E-state index contributed by atoms with van der Waals surface area (Å²) in [7, 11) is 1.60. The molecule has 7 heteroatoms. The van der Waals surface area contributed by atoms with Crippen molar-refractivity contribution in [3.05, 3.63) is 89.3 Å². The first-order chi connectivity index (χ1) is 16.2. The maximum Gasteiger partial charge on any atom is 0.270 e. The Hall–Kier alpha value is -3.29. The molecule has 0 radical (unpaired) electrons. The number of nitrogens with zero attached hydrogens (tertiary/aromatic N) is 1. The fourth-order valence-corrected chi connectivity index (χ4v) is 4.56. The summed E-state index contributed by atoms with van der Waals surface area (Å²) in [5.41, 5.74) is 1.60. The molecule has 5 nitrogen and oxygen atoms in total. The van der Waals surface area contributed by atoms with Crippen LogP contribution >= 0.6 is 24.0 Å². The Balaban J connectivity index is 1.38. The first-order valence-corrected chi connectivity index (χ1v) is 11.7. The molecule has 0 spiro atoms. The maximum atomic E-state index is 12.9. The highest BCUT2D eigenvalue weighted by Gasteiger charge is 2.33. The molecule has 168 valence electrons. The number of ether oxygens (including phenoxy) is 3. The molecule has 1 fully saturated rings. The van der Waals surface area contributed by atoms with Crippen LogP contribution in [0.3, 0.4) is 0 Å². The maximum absolute atomic E-state index is 12.9. The van der Waals surface area contributed by atoms with Gasteiger partial charge in [0.05, 0.1) is 30.9 Å². The van der Waals surface area contributed by atoms with Crippen LogP contribution in [0.4, 0.5) is 5.69 Å². The molecule has 1 heterocycles. The van der Waals surface area contributed by atoms with Crippen molar-refractivity contribution in [1.29, 1.82) is 0 Å². The van der Waals surface area contributed by atoms with Crippen molar-refractivity contribution in [3.63, 3.8) is 0 Å². The SMILES string of the molecule is COc1cc(C=C2SC(=S)N(c3ccccc3)C2=O)ccc1OCCCOc1ccccc1. The minimum absolute atomic E-state index is 0.131. The predicted octanol–water partition coefficient (Wildman–Crippen LogP) is 5.95. The van der Waals surface area contributed by atoms with Crippen LogP contribution in [0.15, 0.2) is 83.8 Å². The van der Waals surface area contributed by atoms with Gasteiger partial charge in [0.25, 0.3) is 5.91 Å². The van der Waals surface area contributed by atoms with Gasteiger partial charge in [0.1, 0.15) is 5.75 Å². The summed E-state index contributed by atoms with van der Waals surface area (Å²) in [6.45, 7) is 1.06. The molecule has 0 atom stereocenters. The van der Waals surface area contributed by atoms with Gasteiger partial charge in [0.2, 0.25) is 0 Å². The van der Waals surface area contributed by atoms with Crippen molar-refractivity contribution >= 4 is 46.0 Å². The Morgan fingerprint density at radius 2 is 1.61 bits per heavy atom. The highest BCUT2D eigenvalue weighted by Crippen LogP contribution is 2.37. The summed E-state index contributed by atoms with van der Waals surface area (Å²) in [6, 6.07) is 24.7. The van der Waals surface area contributed by atoms with Crippen LogP contribution in [-0.4, -0.2) is 30.6 Å². The lowest BCUT2D eigenvalue weighted by molar-refractivity contribution is -0.113. The molecule has 1 aliphatic heterocycles. The second-order valence-electron chi connectivity index (χ2n) is 7.13. The fourth-order valence-electron chi connectivity index (χ4n) is 3.26. The average Bonchev–Trinajstić information content (AvgIpc) is 3.13. The van der Waals surface area contributed by atoms with Crippen molar-refractivity contribution in [2.24, 2.45) is 0 Å². The number of benzene rings is 3. The molecule has 1 saturated heterocycles. The summed E-state index contributed by atoms with van der Waals surface area (Å²) >= 11 is 6.72. The van der Waals surface area contributed by atoms with Crippen LogP contribution < -0.4 is 19.1 Å². The smallest absolute Gasteiger partial charge is 0.270 e. The van der Waals surface area contributed by atoms with E-state index in [4.69, 9.17) is 26.4 Å². The Morgan fingerprint density at radius 3 is 2.33 bits per heavy atom. The number of carbonyl (C=O) groups excluding carboxylic acids is 1. The van der Waals surface area contributed by atoms with E-state index >= 15 is 0 Å². The lowest BCUT2D eigenvalue weighted by Crippen LogP contribution is -2.27. The number of methoxy groups -OCH3 is 1. The van der Waals surface area contributed by atoms with Gasteiger partial charge >= 0.3 is 0 Å². The standard InChI is InChI=1S/C26H23NO4S2/c1-29-23-17-19(13-14-22(23)31-16-8-15-30-21-11-6-3-7-12-21)18-24-25(28)27(26(32)33-24)20-9-4-2-5-10-20/h2-7,9-14,17-18H,8,15-16H2,1H3. The molecule has 0 bridgehead atoms. The highest BCUT2D eigenvalue weighted by atomic mass is 32.2. The highest BCUT2D eigenvalue weighted by molar-refractivity contribution is 8.27. The van der Waals surface area contributed by atoms with E-state index in [0.29, 0.717) is 33.9 Å². The molecule has 0 unspecified atom stereocenters. The van der Waals surface area contributed by atoms with E-state index in [1.54, 1.807) is 12.0 Å². The zero-order valence-electron chi connectivity index (χ0n) is 18.1. The molecule has 1 aliphatic rings. The molecule has 0 N–H and O–H groups in total. The van der Waals surface area contributed by atoms with E-state index in [1.165, 1.54) is 11.8 Å². The zero-order valence-corrected chi connectivity index (χ0v) is 19.7. The normalized spacial score (nSPS) is 14.6. The Kier molecular flexibility index (Phi) is 7.65. The molecule has 4 rings (SSSR count). The number of thioether (sulfide) groups is 1.